The minimum Gasteiger partial charge on any atom is -0.388 e. The average Bonchev–Trinajstić information content (AvgIpc) is 2.51. The molecular weight excluding hydrogens is 228 g/mol. The molecule has 0 saturated carbocycles. The van der Waals surface area contributed by atoms with Crippen LogP contribution in [0.4, 0.5) is 5.82 Å². The molecule has 1 N–H and O–H groups in total. The third kappa shape index (κ3) is 3.40. The Labute approximate surface area is 108 Å². The number of hydrogen-bond donors (Lipinski definition) is 1. The summed E-state index contributed by atoms with van der Waals surface area (Å²) in [7, 11) is 4.01. The van der Waals surface area contributed by atoms with Gasteiger partial charge in [0.15, 0.2) is 0 Å². The molecule has 0 aromatic carbocycles. The molecule has 0 unspecified atom stereocenters. The average molecular weight is 250 g/mol. The summed E-state index contributed by atoms with van der Waals surface area (Å²) in [6.07, 6.45) is 5.97. The summed E-state index contributed by atoms with van der Waals surface area (Å²) >= 11 is 0. The zero-order valence-corrected chi connectivity index (χ0v) is 11.2. The van der Waals surface area contributed by atoms with Crippen molar-refractivity contribution in [3.8, 4) is 0 Å². The minimum atomic E-state index is -0.564. The van der Waals surface area contributed by atoms with Crippen molar-refractivity contribution in [2.45, 2.75) is 24.9 Å². The topological polar surface area (TPSA) is 52.5 Å². The minimum absolute atomic E-state index is 0.564. The summed E-state index contributed by atoms with van der Waals surface area (Å²) in [5, 5.41) is 10.6. The van der Waals surface area contributed by atoms with E-state index in [2.05, 4.69) is 19.8 Å². The van der Waals surface area contributed by atoms with E-state index < -0.39 is 5.60 Å². The van der Waals surface area contributed by atoms with Crippen molar-refractivity contribution in [3.63, 3.8) is 0 Å². The van der Waals surface area contributed by atoms with E-state index in [4.69, 9.17) is 0 Å². The zero-order valence-electron chi connectivity index (χ0n) is 11.2. The number of aliphatic hydroxyl groups is 1. The summed E-state index contributed by atoms with van der Waals surface area (Å²) in [4.78, 5) is 12.5. The van der Waals surface area contributed by atoms with Gasteiger partial charge in [0.1, 0.15) is 12.1 Å². The van der Waals surface area contributed by atoms with Crippen LogP contribution in [0.2, 0.25) is 0 Å². The third-order valence-electron chi connectivity index (χ3n) is 3.42. The Morgan fingerprint density at radius 3 is 2.89 bits per heavy atom. The highest BCUT2D eigenvalue weighted by molar-refractivity contribution is 5.36. The lowest BCUT2D eigenvalue weighted by molar-refractivity contribution is 0.00537. The quantitative estimate of drug-likeness (QED) is 0.858. The fourth-order valence-corrected chi connectivity index (χ4v) is 2.63. The van der Waals surface area contributed by atoms with E-state index in [0.29, 0.717) is 0 Å². The first kappa shape index (κ1) is 13.2. The molecule has 1 atom stereocenters. The molecule has 2 heterocycles. The van der Waals surface area contributed by atoms with Gasteiger partial charge in [0, 0.05) is 25.8 Å². The molecule has 1 aliphatic rings. The molecule has 0 bridgehead atoms. The molecule has 1 saturated heterocycles. The van der Waals surface area contributed by atoms with Crippen LogP contribution in [0, 0.1) is 0 Å². The molecule has 2 rings (SSSR count). The molecule has 18 heavy (non-hydrogen) atoms. The molecule has 1 aromatic heterocycles. The van der Waals surface area contributed by atoms with E-state index in [0.717, 1.165) is 44.7 Å². The maximum Gasteiger partial charge on any atom is 0.131 e. The Hall–Kier alpha value is -1.20. The molecule has 1 aromatic rings. The molecule has 100 valence electrons. The van der Waals surface area contributed by atoms with Gasteiger partial charge in [-0.1, -0.05) is 0 Å². The Morgan fingerprint density at radius 1 is 1.39 bits per heavy atom. The van der Waals surface area contributed by atoms with Crippen molar-refractivity contribution < 1.29 is 5.11 Å². The molecular formula is C13H22N4O. The molecule has 0 aliphatic carbocycles. The maximum absolute atomic E-state index is 10.6. The largest absolute Gasteiger partial charge is 0.388 e. The SMILES string of the molecule is CN(C)C[C@@]1(O)CCCN(c2ccncn2)CC1. The fourth-order valence-electron chi connectivity index (χ4n) is 2.63. The lowest BCUT2D eigenvalue weighted by Crippen LogP contribution is -2.41. The van der Waals surface area contributed by atoms with Gasteiger partial charge in [-0.2, -0.15) is 0 Å². The van der Waals surface area contributed by atoms with Crippen LogP contribution in [0.25, 0.3) is 0 Å². The third-order valence-corrected chi connectivity index (χ3v) is 3.42. The van der Waals surface area contributed by atoms with Crippen molar-refractivity contribution in [2.75, 3.05) is 38.6 Å². The monoisotopic (exact) mass is 250 g/mol. The Morgan fingerprint density at radius 2 is 2.22 bits per heavy atom. The molecule has 5 nitrogen and oxygen atoms in total. The first-order valence-corrected chi connectivity index (χ1v) is 6.47. The Balaban J connectivity index is 2.00. The van der Waals surface area contributed by atoms with Gasteiger partial charge < -0.3 is 14.9 Å². The van der Waals surface area contributed by atoms with Gasteiger partial charge in [-0.3, -0.25) is 0 Å². The highest BCUT2D eigenvalue weighted by Crippen LogP contribution is 2.25. The zero-order chi connectivity index (χ0) is 13.0. The second-order valence-corrected chi connectivity index (χ2v) is 5.37. The van der Waals surface area contributed by atoms with Crippen LogP contribution in [0.15, 0.2) is 18.6 Å². The van der Waals surface area contributed by atoms with Gasteiger partial charge in [-0.05, 0) is 39.4 Å². The molecule has 5 heteroatoms. The lowest BCUT2D eigenvalue weighted by Gasteiger charge is -2.30. The van der Waals surface area contributed by atoms with Gasteiger partial charge in [-0.15, -0.1) is 0 Å². The van der Waals surface area contributed by atoms with Gasteiger partial charge in [0.25, 0.3) is 0 Å². The van der Waals surface area contributed by atoms with Gasteiger partial charge in [0.2, 0.25) is 0 Å². The molecule has 0 spiro atoms. The van der Waals surface area contributed by atoms with Crippen molar-refractivity contribution in [2.24, 2.45) is 0 Å². The second kappa shape index (κ2) is 5.63. The number of likely N-dealkylation sites (N-methyl/N-ethyl adjacent to an activating group) is 1. The molecule has 0 radical (unpaired) electrons. The van der Waals surface area contributed by atoms with E-state index in [1.165, 1.54) is 0 Å². The number of rotatable bonds is 3. The van der Waals surface area contributed by atoms with E-state index in [-0.39, 0.29) is 0 Å². The molecule has 1 aliphatic heterocycles. The van der Waals surface area contributed by atoms with Crippen LogP contribution in [0.1, 0.15) is 19.3 Å². The molecule has 1 fully saturated rings. The van der Waals surface area contributed by atoms with Gasteiger partial charge in [-0.25, -0.2) is 9.97 Å². The van der Waals surface area contributed by atoms with Gasteiger partial charge >= 0.3 is 0 Å². The van der Waals surface area contributed by atoms with Crippen LogP contribution in [-0.2, 0) is 0 Å². The summed E-state index contributed by atoms with van der Waals surface area (Å²) in [5.74, 6) is 0.958. The van der Waals surface area contributed by atoms with E-state index in [9.17, 15) is 5.11 Å². The lowest BCUT2D eigenvalue weighted by atomic mass is 9.94. The van der Waals surface area contributed by atoms with Crippen LogP contribution >= 0.6 is 0 Å². The van der Waals surface area contributed by atoms with E-state index in [1.54, 1.807) is 12.5 Å². The van der Waals surface area contributed by atoms with Crippen molar-refractivity contribution in [1.29, 1.82) is 0 Å². The number of nitrogens with zero attached hydrogens (tertiary/aromatic N) is 4. The summed E-state index contributed by atoms with van der Waals surface area (Å²) in [6.45, 7) is 2.53. The number of anilines is 1. The molecule has 0 amide bonds. The highest BCUT2D eigenvalue weighted by atomic mass is 16.3. The van der Waals surface area contributed by atoms with Crippen LogP contribution < -0.4 is 4.90 Å². The first-order valence-electron chi connectivity index (χ1n) is 6.47. The van der Waals surface area contributed by atoms with E-state index >= 15 is 0 Å². The first-order chi connectivity index (χ1) is 8.59. The Bertz CT molecular complexity index is 371. The highest BCUT2D eigenvalue weighted by Gasteiger charge is 2.30. The number of hydrogen-bond acceptors (Lipinski definition) is 5. The summed E-state index contributed by atoms with van der Waals surface area (Å²) < 4.78 is 0. The fraction of sp³-hybridized carbons (Fsp3) is 0.692. The number of aromatic nitrogens is 2. The summed E-state index contributed by atoms with van der Waals surface area (Å²) in [5.41, 5.74) is -0.564. The van der Waals surface area contributed by atoms with Crippen molar-refractivity contribution in [1.82, 2.24) is 14.9 Å². The van der Waals surface area contributed by atoms with Crippen molar-refractivity contribution >= 4 is 5.82 Å². The Kier molecular flexibility index (Phi) is 4.14. The standard InChI is InChI=1S/C13H22N4O/c1-16(2)10-13(18)5-3-8-17(9-6-13)12-4-7-14-11-15-12/h4,7,11,18H,3,5-6,8-10H2,1-2H3/t13-/m1/s1. The van der Waals surface area contributed by atoms with E-state index in [1.807, 2.05) is 20.2 Å². The normalized spacial score (nSPS) is 25.2. The van der Waals surface area contributed by atoms with Crippen LogP contribution in [-0.4, -0.2) is 59.3 Å². The second-order valence-electron chi connectivity index (χ2n) is 5.37. The van der Waals surface area contributed by atoms with Crippen LogP contribution in [0.3, 0.4) is 0 Å². The predicted molar refractivity (Wildman–Crippen MR) is 71.6 cm³/mol. The maximum atomic E-state index is 10.6. The van der Waals surface area contributed by atoms with Crippen molar-refractivity contribution in [3.05, 3.63) is 18.6 Å². The van der Waals surface area contributed by atoms with Gasteiger partial charge in [0.05, 0.1) is 5.60 Å². The predicted octanol–water partition coefficient (Wildman–Crippen LogP) is 0.760. The van der Waals surface area contributed by atoms with Crippen LogP contribution in [0.5, 0.6) is 0 Å². The smallest absolute Gasteiger partial charge is 0.131 e. The summed E-state index contributed by atoms with van der Waals surface area (Å²) in [6, 6.07) is 1.93.